The standard InChI is InChI=1S/C12H20N4O2/c1-8-10(12(17)18)11(16(3)14-8)13-9-4-6-15(2)7-5-9/h9,13H,4-7H2,1-3H3,(H,17,18). The highest BCUT2D eigenvalue weighted by Crippen LogP contribution is 2.22. The molecule has 2 N–H and O–H groups in total. The summed E-state index contributed by atoms with van der Waals surface area (Å²) in [5.41, 5.74) is 0.844. The molecule has 0 unspecified atom stereocenters. The van der Waals surface area contributed by atoms with Gasteiger partial charge in [-0.1, -0.05) is 0 Å². The van der Waals surface area contributed by atoms with Crippen molar-refractivity contribution in [1.29, 1.82) is 0 Å². The van der Waals surface area contributed by atoms with E-state index in [4.69, 9.17) is 0 Å². The Balaban J connectivity index is 2.16. The minimum Gasteiger partial charge on any atom is -0.477 e. The molecule has 0 aliphatic carbocycles. The number of aryl methyl sites for hydroxylation is 2. The summed E-state index contributed by atoms with van der Waals surface area (Å²) in [6, 6.07) is 0.328. The Morgan fingerprint density at radius 1 is 1.39 bits per heavy atom. The van der Waals surface area contributed by atoms with Crippen LogP contribution in [0.5, 0.6) is 0 Å². The molecule has 100 valence electrons. The number of carbonyl (C=O) groups is 1. The van der Waals surface area contributed by atoms with Gasteiger partial charge in [-0.3, -0.25) is 4.68 Å². The lowest BCUT2D eigenvalue weighted by molar-refractivity contribution is 0.0697. The van der Waals surface area contributed by atoms with Crippen LogP contribution in [0.4, 0.5) is 5.82 Å². The molecule has 2 rings (SSSR count). The summed E-state index contributed by atoms with van der Waals surface area (Å²) in [5.74, 6) is -0.300. The Morgan fingerprint density at radius 3 is 2.56 bits per heavy atom. The Morgan fingerprint density at radius 2 is 2.00 bits per heavy atom. The quantitative estimate of drug-likeness (QED) is 0.837. The predicted molar refractivity (Wildman–Crippen MR) is 69.0 cm³/mol. The van der Waals surface area contributed by atoms with Gasteiger partial charge in [0.25, 0.3) is 0 Å². The molecule has 0 radical (unpaired) electrons. The van der Waals surface area contributed by atoms with E-state index >= 15 is 0 Å². The van der Waals surface area contributed by atoms with Gasteiger partial charge in [-0.25, -0.2) is 4.79 Å². The molecule has 18 heavy (non-hydrogen) atoms. The van der Waals surface area contributed by atoms with Gasteiger partial charge < -0.3 is 15.3 Å². The van der Waals surface area contributed by atoms with Crippen LogP contribution in [-0.2, 0) is 7.05 Å². The molecule has 2 heterocycles. The molecule has 0 saturated carbocycles. The zero-order chi connectivity index (χ0) is 13.3. The van der Waals surface area contributed by atoms with Gasteiger partial charge in [0.2, 0.25) is 0 Å². The van der Waals surface area contributed by atoms with Crippen molar-refractivity contribution in [2.24, 2.45) is 7.05 Å². The van der Waals surface area contributed by atoms with E-state index in [9.17, 15) is 9.90 Å². The van der Waals surface area contributed by atoms with E-state index in [2.05, 4.69) is 22.4 Å². The van der Waals surface area contributed by atoms with Crippen LogP contribution in [0.15, 0.2) is 0 Å². The highest BCUT2D eigenvalue weighted by atomic mass is 16.4. The summed E-state index contributed by atoms with van der Waals surface area (Å²) in [4.78, 5) is 13.5. The summed E-state index contributed by atoms with van der Waals surface area (Å²) in [6.45, 7) is 3.80. The second-order valence-electron chi connectivity index (χ2n) is 4.96. The number of piperidine rings is 1. The highest BCUT2D eigenvalue weighted by molar-refractivity contribution is 5.94. The molecule has 1 aromatic rings. The van der Waals surface area contributed by atoms with Crippen molar-refractivity contribution < 1.29 is 9.90 Å². The molecule has 1 aliphatic heterocycles. The molecular weight excluding hydrogens is 232 g/mol. The number of carboxylic acid groups (broad SMARTS) is 1. The average Bonchev–Trinajstić information content (AvgIpc) is 2.57. The van der Waals surface area contributed by atoms with Crippen LogP contribution in [-0.4, -0.2) is 51.9 Å². The van der Waals surface area contributed by atoms with E-state index in [0.717, 1.165) is 25.9 Å². The number of nitrogens with one attached hydrogen (secondary N) is 1. The number of carboxylic acids is 1. The number of anilines is 1. The maximum atomic E-state index is 11.2. The third-order valence-electron chi connectivity index (χ3n) is 3.50. The zero-order valence-electron chi connectivity index (χ0n) is 11.1. The second kappa shape index (κ2) is 4.97. The van der Waals surface area contributed by atoms with E-state index < -0.39 is 5.97 Å². The molecule has 1 saturated heterocycles. The topological polar surface area (TPSA) is 70.4 Å². The minimum atomic E-state index is -0.920. The normalized spacial score (nSPS) is 17.9. The average molecular weight is 252 g/mol. The maximum absolute atomic E-state index is 11.2. The van der Waals surface area contributed by atoms with Crippen molar-refractivity contribution in [3.63, 3.8) is 0 Å². The smallest absolute Gasteiger partial charge is 0.341 e. The first kappa shape index (κ1) is 12.9. The number of aromatic nitrogens is 2. The fourth-order valence-corrected chi connectivity index (χ4v) is 2.43. The molecule has 0 amide bonds. The monoisotopic (exact) mass is 252 g/mol. The third kappa shape index (κ3) is 2.48. The Hall–Kier alpha value is -1.56. The van der Waals surface area contributed by atoms with Crippen molar-refractivity contribution in [1.82, 2.24) is 14.7 Å². The van der Waals surface area contributed by atoms with Crippen molar-refractivity contribution in [2.45, 2.75) is 25.8 Å². The van der Waals surface area contributed by atoms with Gasteiger partial charge in [0.1, 0.15) is 11.4 Å². The predicted octanol–water partition coefficient (Wildman–Crippen LogP) is 0.933. The molecule has 1 aromatic heterocycles. The number of hydrogen-bond acceptors (Lipinski definition) is 4. The summed E-state index contributed by atoms with van der Waals surface area (Å²) in [7, 11) is 3.88. The molecule has 0 atom stereocenters. The van der Waals surface area contributed by atoms with Crippen molar-refractivity contribution >= 4 is 11.8 Å². The third-order valence-corrected chi connectivity index (χ3v) is 3.50. The molecule has 1 aliphatic rings. The van der Waals surface area contributed by atoms with Gasteiger partial charge >= 0.3 is 5.97 Å². The van der Waals surface area contributed by atoms with Crippen molar-refractivity contribution in [2.75, 3.05) is 25.5 Å². The minimum absolute atomic E-state index is 0.288. The molecule has 0 bridgehead atoms. The lowest BCUT2D eigenvalue weighted by Crippen LogP contribution is -2.37. The lowest BCUT2D eigenvalue weighted by atomic mass is 10.1. The first-order chi connectivity index (χ1) is 8.49. The van der Waals surface area contributed by atoms with Gasteiger partial charge in [0.05, 0.1) is 5.69 Å². The number of likely N-dealkylation sites (tertiary alicyclic amines) is 1. The van der Waals surface area contributed by atoms with E-state index in [0.29, 0.717) is 17.6 Å². The lowest BCUT2D eigenvalue weighted by Gasteiger charge is -2.30. The molecular formula is C12H20N4O2. The summed E-state index contributed by atoms with van der Waals surface area (Å²) in [5, 5.41) is 16.7. The van der Waals surface area contributed by atoms with Gasteiger partial charge in [-0.2, -0.15) is 5.10 Å². The molecule has 6 nitrogen and oxygen atoms in total. The highest BCUT2D eigenvalue weighted by Gasteiger charge is 2.23. The number of hydrogen-bond donors (Lipinski definition) is 2. The van der Waals surface area contributed by atoms with Gasteiger partial charge in [-0.15, -0.1) is 0 Å². The largest absolute Gasteiger partial charge is 0.477 e. The summed E-state index contributed by atoms with van der Waals surface area (Å²) >= 11 is 0. The summed E-state index contributed by atoms with van der Waals surface area (Å²) < 4.78 is 1.62. The van der Waals surface area contributed by atoms with Crippen LogP contribution >= 0.6 is 0 Å². The van der Waals surface area contributed by atoms with Gasteiger partial charge in [0.15, 0.2) is 0 Å². The van der Waals surface area contributed by atoms with Crippen LogP contribution in [0.3, 0.4) is 0 Å². The van der Waals surface area contributed by atoms with Gasteiger partial charge in [0, 0.05) is 13.1 Å². The zero-order valence-corrected chi connectivity index (χ0v) is 11.1. The van der Waals surface area contributed by atoms with E-state index in [1.807, 2.05) is 0 Å². The Labute approximate surface area is 107 Å². The van der Waals surface area contributed by atoms with Crippen LogP contribution in [0.25, 0.3) is 0 Å². The van der Waals surface area contributed by atoms with E-state index in [1.54, 1.807) is 18.7 Å². The molecule has 0 aromatic carbocycles. The van der Waals surface area contributed by atoms with Crippen molar-refractivity contribution in [3.05, 3.63) is 11.3 Å². The Kier molecular flexibility index (Phi) is 3.56. The Bertz CT molecular complexity index is 447. The van der Waals surface area contributed by atoms with Crippen molar-refractivity contribution in [3.8, 4) is 0 Å². The first-order valence-corrected chi connectivity index (χ1v) is 6.21. The fourth-order valence-electron chi connectivity index (χ4n) is 2.43. The SMILES string of the molecule is Cc1nn(C)c(NC2CCN(C)CC2)c1C(=O)O. The van der Waals surface area contributed by atoms with Crippen LogP contribution in [0.1, 0.15) is 28.9 Å². The fraction of sp³-hybridized carbons (Fsp3) is 0.667. The van der Waals surface area contributed by atoms with Crippen LogP contribution < -0.4 is 5.32 Å². The van der Waals surface area contributed by atoms with E-state index in [1.165, 1.54) is 0 Å². The number of aromatic carboxylic acids is 1. The number of rotatable bonds is 3. The summed E-state index contributed by atoms with van der Waals surface area (Å²) in [6.07, 6.45) is 2.06. The number of nitrogens with zero attached hydrogens (tertiary/aromatic N) is 3. The second-order valence-corrected chi connectivity index (χ2v) is 4.96. The van der Waals surface area contributed by atoms with Crippen LogP contribution in [0, 0.1) is 6.92 Å². The van der Waals surface area contributed by atoms with E-state index in [-0.39, 0.29) is 5.56 Å². The van der Waals surface area contributed by atoms with Crippen LogP contribution in [0.2, 0.25) is 0 Å². The molecule has 0 spiro atoms. The molecule has 1 fully saturated rings. The molecule has 6 heteroatoms. The van der Waals surface area contributed by atoms with Gasteiger partial charge in [-0.05, 0) is 39.9 Å². The maximum Gasteiger partial charge on any atom is 0.341 e. The first-order valence-electron chi connectivity index (χ1n) is 6.21.